The molecule has 1 amide bonds. The minimum Gasteiger partial charge on any atom is -0.392 e. The third-order valence-electron chi connectivity index (χ3n) is 4.60. The maximum absolute atomic E-state index is 12.3. The zero-order chi connectivity index (χ0) is 17.1. The maximum Gasteiger partial charge on any atom is 0.224 e. The first kappa shape index (κ1) is 16.8. The second-order valence-corrected chi connectivity index (χ2v) is 6.52. The highest BCUT2D eigenvalue weighted by atomic mass is 16.3. The van der Waals surface area contributed by atoms with Crippen molar-refractivity contribution in [2.45, 2.75) is 39.3 Å². The molecular weight excluding hydrogens is 304 g/mol. The largest absolute Gasteiger partial charge is 0.392 e. The van der Waals surface area contributed by atoms with Gasteiger partial charge in [0.1, 0.15) is 0 Å². The van der Waals surface area contributed by atoms with E-state index in [1.807, 2.05) is 18.2 Å². The molecule has 6 heteroatoms. The minimum absolute atomic E-state index is 0.0276. The third kappa shape index (κ3) is 3.38. The van der Waals surface area contributed by atoms with Gasteiger partial charge in [-0.05, 0) is 38.8 Å². The number of hydrogen-bond donors (Lipinski definition) is 2. The number of piperidine rings is 1. The average Bonchev–Trinajstić information content (AvgIpc) is 2.98. The summed E-state index contributed by atoms with van der Waals surface area (Å²) in [5.41, 5.74) is 2.13. The number of imidazole rings is 1. The van der Waals surface area contributed by atoms with Crippen molar-refractivity contribution in [3.05, 3.63) is 24.3 Å². The van der Waals surface area contributed by atoms with E-state index >= 15 is 0 Å². The highest BCUT2D eigenvalue weighted by molar-refractivity contribution is 5.81. The van der Waals surface area contributed by atoms with Gasteiger partial charge in [-0.25, -0.2) is 4.98 Å². The average molecular weight is 330 g/mol. The van der Waals surface area contributed by atoms with Gasteiger partial charge in [0.15, 0.2) is 0 Å². The Morgan fingerprint density at radius 3 is 3.00 bits per heavy atom. The molecule has 2 aromatic rings. The summed E-state index contributed by atoms with van der Waals surface area (Å²) in [5, 5.41) is 12.2. The molecule has 2 heterocycles. The van der Waals surface area contributed by atoms with Crippen molar-refractivity contribution in [3.8, 4) is 0 Å². The van der Waals surface area contributed by atoms with E-state index < -0.39 is 6.10 Å². The summed E-state index contributed by atoms with van der Waals surface area (Å²) in [6.45, 7) is 6.55. The van der Waals surface area contributed by atoms with E-state index in [4.69, 9.17) is 4.98 Å². The summed E-state index contributed by atoms with van der Waals surface area (Å²) in [7, 11) is 0. The van der Waals surface area contributed by atoms with Crippen LogP contribution in [0.25, 0.3) is 11.0 Å². The smallest absolute Gasteiger partial charge is 0.224 e. The molecule has 2 N–H and O–H groups in total. The van der Waals surface area contributed by atoms with Crippen molar-refractivity contribution >= 4 is 22.9 Å². The lowest BCUT2D eigenvalue weighted by Crippen LogP contribution is -2.45. The maximum atomic E-state index is 12.3. The number of aryl methyl sites for hydroxylation is 1. The molecule has 0 bridgehead atoms. The van der Waals surface area contributed by atoms with Gasteiger partial charge < -0.3 is 19.9 Å². The Balaban J connectivity index is 1.78. The van der Waals surface area contributed by atoms with Crippen molar-refractivity contribution < 1.29 is 9.90 Å². The first-order valence-electron chi connectivity index (χ1n) is 8.76. The van der Waals surface area contributed by atoms with Crippen LogP contribution in [0.4, 0.5) is 5.95 Å². The SMILES string of the molecule is CCn1c(N2CCC[C@H](C(=O)NC[C@@H](C)O)C2)nc2ccccc21. The zero-order valence-electron chi connectivity index (χ0n) is 14.4. The normalized spacial score (nSPS) is 19.5. The molecule has 1 saturated heterocycles. The molecule has 1 aliphatic heterocycles. The van der Waals surface area contributed by atoms with Crippen LogP contribution in [0.15, 0.2) is 24.3 Å². The van der Waals surface area contributed by atoms with Gasteiger partial charge in [0, 0.05) is 26.2 Å². The molecular formula is C18H26N4O2. The molecule has 1 aromatic heterocycles. The van der Waals surface area contributed by atoms with Crippen molar-refractivity contribution in [1.29, 1.82) is 0 Å². The Morgan fingerprint density at radius 1 is 1.46 bits per heavy atom. The van der Waals surface area contributed by atoms with E-state index in [-0.39, 0.29) is 11.8 Å². The number of anilines is 1. The third-order valence-corrected chi connectivity index (χ3v) is 4.60. The molecule has 0 unspecified atom stereocenters. The quantitative estimate of drug-likeness (QED) is 0.876. The molecule has 6 nitrogen and oxygen atoms in total. The first-order chi connectivity index (χ1) is 11.6. The van der Waals surface area contributed by atoms with E-state index in [1.54, 1.807) is 6.92 Å². The number of aliphatic hydroxyl groups excluding tert-OH is 1. The van der Waals surface area contributed by atoms with Gasteiger partial charge in [-0.1, -0.05) is 12.1 Å². The minimum atomic E-state index is -0.516. The van der Waals surface area contributed by atoms with E-state index in [0.717, 1.165) is 42.9 Å². The Labute approximate surface area is 142 Å². The van der Waals surface area contributed by atoms with Crippen molar-refractivity contribution in [1.82, 2.24) is 14.9 Å². The number of para-hydroxylation sites is 2. The summed E-state index contributed by atoms with van der Waals surface area (Å²) >= 11 is 0. The number of amides is 1. The van der Waals surface area contributed by atoms with Crippen LogP contribution in [-0.4, -0.2) is 46.3 Å². The highest BCUT2D eigenvalue weighted by Gasteiger charge is 2.28. The van der Waals surface area contributed by atoms with Crippen LogP contribution in [-0.2, 0) is 11.3 Å². The fraction of sp³-hybridized carbons (Fsp3) is 0.556. The molecule has 2 atom stereocenters. The fourth-order valence-electron chi connectivity index (χ4n) is 3.38. The number of benzene rings is 1. The fourth-order valence-corrected chi connectivity index (χ4v) is 3.38. The Morgan fingerprint density at radius 2 is 2.25 bits per heavy atom. The number of carbonyl (C=O) groups is 1. The summed E-state index contributed by atoms with van der Waals surface area (Å²) in [6.07, 6.45) is 1.34. The van der Waals surface area contributed by atoms with Crippen LogP contribution in [0.3, 0.4) is 0 Å². The number of rotatable bonds is 5. The van der Waals surface area contributed by atoms with E-state index in [0.29, 0.717) is 13.1 Å². The molecule has 3 rings (SSSR count). The summed E-state index contributed by atoms with van der Waals surface area (Å²) < 4.78 is 2.21. The summed E-state index contributed by atoms with van der Waals surface area (Å²) in [6, 6.07) is 8.15. The molecule has 1 aliphatic rings. The second kappa shape index (κ2) is 7.21. The number of hydrogen-bond acceptors (Lipinski definition) is 4. The number of carbonyl (C=O) groups excluding carboxylic acids is 1. The lowest BCUT2D eigenvalue weighted by Gasteiger charge is -2.33. The topological polar surface area (TPSA) is 70.4 Å². The summed E-state index contributed by atoms with van der Waals surface area (Å²) in [5.74, 6) is 0.925. The molecule has 0 spiro atoms. The van der Waals surface area contributed by atoms with Gasteiger partial charge in [-0.15, -0.1) is 0 Å². The summed E-state index contributed by atoms with van der Waals surface area (Å²) in [4.78, 5) is 19.3. The molecule has 0 radical (unpaired) electrons. The number of nitrogens with one attached hydrogen (secondary N) is 1. The number of aliphatic hydroxyl groups is 1. The predicted octanol–water partition coefficient (Wildman–Crippen LogP) is 1.77. The molecule has 0 saturated carbocycles. The van der Waals surface area contributed by atoms with Gasteiger partial charge in [-0.2, -0.15) is 0 Å². The van der Waals surface area contributed by atoms with Crippen LogP contribution in [0, 0.1) is 5.92 Å². The number of fused-ring (bicyclic) bond motifs is 1. The van der Waals surface area contributed by atoms with Crippen LogP contribution in [0.2, 0.25) is 0 Å². The highest BCUT2D eigenvalue weighted by Crippen LogP contribution is 2.27. The van der Waals surface area contributed by atoms with Gasteiger partial charge in [-0.3, -0.25) is 4.79 Å². The van der Waals surface area contributed by atoms with Crippen LogP contribution in [0.1, 0.15) is 26.7 Å². The van der Waals surface area contributed by atoms with Gasteiger partial charge >= 0.3 is 0 Å². The standard InChI is InChI=1S/C18H26N4O2/c1-3-22-16-9-5-4-8-15(16)20-18(22)21-10-6-7-14(12-21)17(24)19-11-13(2)23/h4-5,8-9,13-14,23H,3,6-7,10-12H2,1-2H3,(H,19,24)/t13-,14+/m1/s1. The van der Waals surface area contributed by atoms with Gasteiger partial charge in [0.2, 0.25) is 11.9 Å². The Kier molecular flexibility index (Phi) is 5.04. The monoisotopic (exact) mass is 330 g/mol. The molecule has 1 fully saturated rings. The molecule has 1 aromatic carbocycles. The first-order valence-corrected chi connectivity index (χ1v) is 8.76. The van der Waals surface area contributed by atoms with E-state index in [9.17, 15) is 9.90 Å². The van der Waals surface area contributed by atoms with Crippen LogP contribution in [0.5, 0.6) is 0 Å². The number of nitrogens with zero attached hydrogens (tertiary/aromatic N) is 3. The Hall–Kier alpha value is -2.08. The zero-order valence-corrected chi connectivity index (χ0v) is 14.4. The van der Waals surface area contributed by atoms with Gasteiger partial charge in [0.25, 0.3) is 0 Å². The van der Waals surface area contributed by atoms with Crippen molar-refractivity contribution in [3.63, 3.8) is 0 Å². The predicted molar refractivity (Wildman–Crippen MR) is 95.0 cm³/mol. The van der Waals surface area contributed by atoms with Gasteiger partial charge in [0.05, 0.1) is 23.1 Å². The molecule has 24 heavy (non-hydrogen) atoms. The van der Waals surface area contributed by atoms with E-state index in [1.165, 1.54) is 0 Å². The molecule has 0 aliphatic carbocycles. The van der Waals surface area contributed by atoms with Crippen molar-refractivity contribution in [2.75, 3.05) is 24.5 Å². The van der Waals surface area contributed by atoms with Crippen LogP contribution < -0.4 is 10.2 Å². The second-order valence-electron chi connectivity index (χ2n) is 6.52. The lowest BCUT2D eigenvalue weighted by atomic mass is 9.97. The van der Waals surface area contributed by atoms with Crippen LogP contribution >= 0.6 is 0 Å². The Bertz CT molecular complexity index is 710. The number of aromatic nitrogens is 2. The molecule has 130 valence electrons. The van der Waals surface area contributed by atoms with E-state index in [2.05, 4.69) is 27.8 Å². The lowest BCUT2D eigenvalue weighted by molar-refractivity contribution is -0.125. The van der Waals surface area contributed by atoms with Crippen molar-refractivity contribution in [2.24, 2.45) is 5.92 Å².